The first kappa shape index (κ1) is 25.6. The molecule has 3 aliphatic rings. The van der Waals surface area contributed by atoms with Crippen LogP contribution < -0.4 is 14.2 Å². The number of fused-ring (bicyclic) bond motifs is 5. The number of nitrogens with zero attached hydrogens (tertiary/aromatic N) is 1. The highest BCUT2D eigenvalue weighted by atomic mass is 16.6. The molecule has 2 atom stereocenters. The van der Waals surface area contributed by atoms with Gasteiger partial charge in [-0.3, -0.25) is 0 Å². The van der Waals surface area contributed by atoms with Crippen molar-refractivity contribution in [3.05, 3.63) is 77.4 Å². The van der Waals surface area contributed by atoms with Gasteiger partial charge in [-0.15, -0.1) is 0 Å². The molecule has 7 heteroatoms. The van der Waals surface area contributed by atoms with Gasteiger partial charge >= 0.3 is 6.09 Å². The van der Waals surface area contributed by atoms with E-state index in [2.05, 4.69) is 24.3 Å². The number of aliphatic hydroxyl groups is 1. The molecule has 3 aromatic rings. The molecule has 2 aliphatic heterocycles. The van der Waals surface area contributed by atoms with Gasteiger partial charge < -0.3 is 29.0 Å². The number of amides is 1. The van der Waals surface area contributed by atoms with Crippen molar-refractivity contribution in [2.75, 3.05) is 27.9 Å². The van der Waals surface area contributed by atoms with Gasteiger partial charge in [0.15, 0.2) is 11.5 Å². The van der Waals surface area contributed by atoms with Gasteiger partial charge in [0.05, 0.1) is 26.9 Å². The zero-order valence-corrected chi connectivity index (χ0v) is 22.7. The van der Waals surface area contributed by atoms with Crippen molar-refractivity contribution >= 4 is 6.09 Å². The number of methoxy groups -OCH3 is 3. The van der Waals surface area contributed by atoms with Gasteiger partial charge in [0.25, 0.3) is 0 Å². The fourth-order valence-electron chi connectivity index (χ4n) is 6.98. The Morgan fingerprint density at radius 3 is 1.92 bits per heavy atom. The summed E-state index contributed by atoms with van der Waals surface area (Å²) in [4.78, 5) is 15.5. The molecular weight excluding hydrogens is 494 g/mol. The normalized spacial score (nSPS) is 23.5. The first-order valence-corrected chi connectivity index (χ1v) is 13.6. The van der Waals surface area contributed by atoms with Crippen molar-refractivity contribution in [3.8, 4) is 28.4 Å². The van der Waals surface area contributed by atoms with Gasteiger partial charge in [-0.2, -0.15) is 0 Å². The van der Waals surface area contributed by atoms with Crippen LogP contribution >= 0.6 is 0 Å². The Morgan fingerprint density at radius 2 is 1.41 bits per heavy atom. The summed E-state index contributed by atoms with van der Waals surface area (Å²) in [6.07, 6.45) is 3.23. The SMILES string of the molecule is COc1cc(C2(O)CC3CCCC(C2)N3C(=O)OCC2c3ccccc3-c3ccccc32)cc(OC)c1OC. The van der Waals surface area contributed by atoms with Gasteiger partial charge in [-0.25, -0.2) is 4.79 Å². The zero-order valence-electron chi connectivity index (χ0n) is 22.7. The maximum atomic E-state index is 13.6. The molecular formula is C32H35NO6. The maximum absolute atomic E-state index is 13.6. The zero-order chi connectivity index (χ0) is 27.1. The second-order valence-corrected chi connectivity index (χ2v) is 10.8. The minimum Gasteiger partial charge on any atom is -0.493 e. The van der Waals surface area contributed by atoms with Gasteiger partial charge in [0, 0.05) is 30.8 Å². The molecule has 2 saturated heterocycles. The number of rotatable bonds is 6. The highest BCUT2D eigenvalue weighted by Crippen LogP contribution is 2.49. The van der Waals surface area contributed by atoms with Crippen molar-refractivity contribution in [1.29, 1.82) is 0 Å². The number of benzene rings is 3. The lowest BCUT2D eigenvalue weighted by atomic mass is 9.72. The lowest BCUT2D eigenvalue weighted by Gasteiger charge is -2.51. The predicted octanol–water partition coefficient (Wildman–Crippen LogP) is 5.87. The first-order valence-electron chi connectivity index (χ1n) is 13.6. The van der Waals surface area contributed by atoms with E-state index < -0.39 is 5.60 Å². The molecule has 2 heterocycles. The van der Waals surface area contributed by atoms with Crippen molar-refractivity contribution < 1.29 is 28.8 Å². The van der Waals surface area contributed by atoms with E-state index in [1.807, 2.05) is 41.3 Å². The molecule has 6 rings (SSSR count). The monoisotopic (exact) mass is 529 g/mol. The number of hydrogen-bond acceptors (Lipinski definition) is 6. The van der Waals surface area contributed by atoms with E-state index >= 15 is 0 Å². The molecule has 1 N–H and O–H groups in total. The van der Waals surface area contributed by atoms with Crippen LogP contribution in [0.5, 0.6) is 17.2 Å². The van der Waals surface area contributed by atoms with E-state index in [9.17, 15) is 9.90 Å². The first-order chi connectivity index (χ1) is 19.0. The molecule has 0 aromatic heterocycles. The summed E-state index contributed by atoms with van der Waals surface area (Å²) in [5, 5.41) is 11.9. The fraction of sp³-hybridized carbons (Fsp3) is 0.406. The molecule has 39 heavy (non-hydrogen) atoms. The Bertz CT molecular complexity index is 1300. The standard InChI is InChI=1S/C32H35NO6/c1-36-28-15-20(16-29(37-2)30(28)38-3)32(35)17-21-9-8-10-22(18-32)33(21)31(34)39-19-27-25-13-6-4-11-23(25)24-12-5-7-14-26(24)27/h4-7,11-16,21-22,27,35H,8-10,17-19H2,1-3H3. The average molecular weight is 530 g/mol. The molecule has 0 radical (unpaired) electrons. The molecule has 3 aromatic carbocycles. The van der Waals surface area contributed by atoms with Crippen LogP contribution in [0.2, 0.25) is 0 Å². The summed E-state index contributed by atoms with van der Waals surface area (Å²) in [6, 6.07) is 20.1. The van der Waals surface area contributed by atoms with Crippen molar-refractivity contribution in [2.45, 2.75) is 55.7 Å². The van der Waals surface area contributed by atoms with E-state index in [-0.39, 0.29) is 24.1 Å². The third-order valence-electron chi connectivity index (χ3n) is 8.76. The quantitative estimate of drug-likeness (QED) is 0.431. The van der Waals surface area contributed by atoms with Crippen LogP contribution in [0, 0.1) is 0 Å². The fourth-order valence-corrected chi connectivity index (χ4v) is 6.98. The van der Waals surface area contributed by atoms with Gasteiger partial charge in [0.2, 0.25) is 5.75 Å². The van der Waals surface area contributed by atoms with Crippen LogP contribution in [0.1, 0.15) is 54.7 Å². The van der Waals surface area contributed by atoms with Crippen molar-refractivity contribution in [3.63, 3.8) is 0 Å². The van der Waals surface area contributed by atoms with E-state index in [0.29, 0.717) is 42.3 Å². The second-order valence-electron chi connectivity index (χ2n) is 10.8. The highest BCUT2D eigenvalue weighted by Gasteiger charge is 2.49. The van der Waals surface area contributed by atoms with Crippen LogP contribution in [0.4, 0.5) is 4.79 Å². The van der Waals surface area contributed by atoms with Crippen molar-refractivity contribution in [1.82, 2.24) is 4.90 Å². The minimum absolute atomic E-state index is 0.0159. The number of piperidine rings is 2. The molecule has 2 fully saturated rings. The summed E-state index contributed by atoms with van der Waals surface area (Å²) in [5.74, 6) is 1.51. The lowest BCUT2D eigenvalue weighted by molar-refractivity contribution is -0.0892. The predicted molar refractivity (Wildman–Crippen MR) is 148 cm³/mol. The largest absolute Gasteiger partial charge is 0.493 e. The average Bonchev–Trinajstić information content (AvgIpc) is 3.28. The topological polar surface area (TPSA) is 77.5 Å². The molecule has 204 valence electrons. The smallest absolute Gasteiger partial charge is 0.410 e. The number of hydrogen-bond donors (Lipinski definition) is 1. The Kier molecular flexibility index (Phi) is 6.63. The van der Waals surface area contributed by atoms with Crippen molar-refractivity contribution in [2.24, 2.45) is 0 Å². The van der Waals surface area contributed by atoms with Crippen LogP contribution in [-0.2, 0) is 10.3 Å². The van der Waals surface area contributed by atoms with E-state index in [1.54, 1.807) is 21.3 Å². The van der Waals surface area contributed by atoms with E-state index in [0.717, 1.165) is 19.3 Å². The molecule has 1 amide bonds. The number of carbonyl (C=O) groups excluding carboxylic acids is 1. The Hall–Kier alpha value is -3.71. The Morgan fingerprint density at radius 1 is 0.872 bits per heavy atom. The summed E-state index contributed by atoms with van der Waals surface area (Å²) in [5.41, 5.74) is 4.40. The van der Waals surface area contributed by atoms with E-state index in [4.69, 9.17) is 18.9 Å². The summed E-state index contributed by atoms with van der Waals surface area (Å²) >= 11 is 0. The highest BCUT2D eigenvalue weighted by molar-refractivity contribution is 5.79. The minimum atomic E-state index is -1.12. The summed E-state index contributed by atoms with van der Waals surface area (Å²) in [7, 11) is 4.70. The Labute approximate surface area is 229 Å². The number of carbonyl (C=O) groups is 1. The van der Waals surface area contributed by atoms with Crippen LogP contribution in [-0.4, -0.2) is 56.1 Å². The second kappa shape index (κ2) is 10.1. The molecule has 2 unspecified atom stereocenters. The molecule has 2 bridgehead atoms. The molecule has 1 aliphatic carbocycles. The van der Waals surface area contributed by atoms with E-state index in [1.165, 1.54) is 22.3 Å². The van der Waals surface area contributed by atoms with Gasteiger partial charge in [-0.05, 0) is 59.2 Å². The third kappa shape index (κ3) is 4.29. The van der Waals surface area contributed by atoms with Gasteiger partial charge in [-0.1, -0.05) is 48.5 Å². The van der Waals surface area contributed by atoms with Crippen LogP contribution in [0.15, 0.2) is 60.7 Å². The summed E-state index contributed by atoms with van der Waals surface area (Å²) in [6.45, 7) is 0.292. The lowest BCUT2D eigenvalue weighted by Crippen LogP contribution is -2.59. The van der Waals surface area contributed by atoms with Crippen LogP contribution in [0.25, 0.3) is 11.1 Å². The van der Waals surface area contributed by atoms with Gasteiger partial charge in [0.1, 0.15) is 6.61 Å². The molecule has 7 nitrogen and oxygen atoms in total. The molecule has 0 saturated carbocycles. The summed E-state index contributed by atoms with van der Waals surface area (Å²) < 4.78 is 22.6. The van der Waals surface area contributed by atoms with Crippen LogP contribution in [0.3, 0.4) is 0 Å². The third-order valence-corrected chi connectivity index (χ3v) is 8.76. The molecule has 0 spiro atoms. The maximum Gasteiger partial charge on any atom is 0.410 e. The number of ether oxygens (including phenoxy) is 4. The Balaban J connectivity index is 1.22.